The number of aryl methyl sites for hydroxylation is 1. The summed E-state index contributed by atoms with van der Waals surface area (Å²) in [5, 5.41) is 10.8. The molecular weight excluding hydrogens is 288 g/mol. The van der Waals surface area contributed by atoms with Gasteiger partial charge in [-0.1, -0.05) is 11.6 Å². The highest BCUT2D eigenvalue weighted by atomic mass is 35.5. The first-order chi connectivity index (χ1) is 10.0. The van der Waals surface area contributed by atoms with Gasteiger partial charge in [0.15, 0.2) is 0 Å². The first-order valence-corrected chi connectivity index (χ1v) is 7.23. The second-order valence-corrected chi connectivity index (χ2v) is 5.39. The average molecular weight is 307 g/mol. The minimum atomic E-state index is -0.112. The first-order valence-electron chi connectivity index (χ1n) is 6.85. The van der Waals surface area contributed by atoms with Crippen molar-refractivity contribution in [2.24, 2.45) is 0 Å². The van der Waals surface area contributed by atoms with E-state index in [-0.39, 0.29) is 11.9 Å². The molecule has 0 saturated heterocycles. The molecule has 0 fully saturated rings. The number of nitrogens with one attached hydrogen (secondary N) is 2. The first kappa shape index (κ1) is 15.4. The van der Waals surface area contributed by atoms with Crippen molar-refractivity contribution in [3.8, 4) is 0 Å². The monoisotopic (exact) mass is 306 g/mol. The zero-order valence-corrected chi connectivity index (χ0v) is 12.9. The summed E-state index contributed by atoms with van der Waals surface area (Å²) in [4.78, 5) is 11.0. The Kier molecular flexibility index (Phi) is 5.22. The van der Waals surface area contributed by atoms with Crippen LogP contribution in [-0.2, 0) is 11.3 Å². The molecule has 2 N–H and O–H groups in total. The van der Waals surface area contributed by atoms with Crippen molar-refractivity contribution in [2.45, 2.75) is 32.9 Å². The number of rotatable bonds is 6. The van der Waals surface area contributed by atoms with E-state index >= 15 is 0 Å². The smallest absolute Gasteiger partial charge is 0.221 e. The number of amides is 1. The molecule has 0 aliphatic heterocycles. The van der Waals surface area contributed by atoms with Gasteiger partial charge in [-0.3, -0.25) is 9.48 Å². The molecule has 2 aromatic rings. The third-order valence-corrected chi connectivity index (χ3v) is 3.35. The van der Waals surface area contributed by atoms with Gasteiger partial charge in [-0.2, -0.15) is 5.10 Å². The fourth-order valence-electron chi connectivity index (χ4n) is 2.01. The van der Waals surface area contributed by atoms with Gasteiger partial charge < -0.3 is 10.6 Å². The van der Waals surface area contributed by atoms with Crippen LogP contribution in [0.25, 0.3) is 0 Å². The quantitative estimate of drug-likeness (QED) is 0.860. The highest BCUT2D eigenvalue weighted by Gasteiger charge is 2.07. The molecule has 21 heavy (non-hydrogen) atoms. The van der Waals surface area contributed by atoms with Crippen molar-refractivity contribution in [3.63, 3.8) is 0 Å². The highest BCUT2D eigenvalue weighted by molar-refractivity contribution is 6.33. The third kappa shape index (κ3) is 4.79. The molecule has 1 aromatic heterocycles. The highest BCUT2D eigenvalue weighted by Crippen LogP contribution is 2.26. The molecule has 6 heteroatoms. The van der Waals surface area contributed by atoms with Crippen molar-refractivity contribution in [1.82, 2.24) is 9.78 Å². The van der Waals surface area contributed by atoms with Gasteiger partial charge in [0.2, 0.25) is 5.91 Å². The van der Waals surface area contributed by atoms with Gasteiger partial charge in [0, 0.05) is 37.6 Å². The summed E-state index contributed by atoms with van der Waals surface area (Å²) in [5.41, 5.74) is 1.56. The van der Waals surface area contributed by atoms with Crippen molar-refractivity contribution in [3.05, 3.63) is 41.7 Å². The summed E-state index contributed by atoms with van der Waals surface area (Å²) in [6.45, 7) is 4.42. The Bertz CT molecular complexity index is 598. The summed E-state index contributed by atoms with van der Waals surface area (Å²) >= 11 is 6.23. The van der Waals surface area contributed by atoms with Crippen molar-refractivity contribution in [1.29, 1.82) is 0 Å². The SMILES string of the molecule is CC(=O)Nc1ccc(N[C@H](C)CCn2cccn2)c(Cl)c1. The van der Waals surface area contributed by atoms with Crippen LogP contribution in [0.5, 0.6) is 0 Å². The molecule has 5 nitrogen and oxygen atoms in total. The molecule has 1 atom stereocenters. The molecule has 0 spiro atoms. The van der Waals surface area contributed by atoms with Crippen molar-refractivity contribution in [2.75, 3.05) is 10.6 Å². The molecule has 1 heterocycles. The van der Waals surface area contributed by atoms with E-state index in [4.69, 9.17) is 11.6 Å². The van der Waals surface area contributed by atoms with Crippen LogP contribution < -0.4 is 10.6 Å². The largest absolute Gasteiger partial charge is 0.381 e. The number of hydrogen-bond acceptors (Lipinski definition) is 3. The zero-order chi connectivity index (χ0) is 15.2. The van der Waals surface area contributed by atoms with Crippen LogP contribution >= 0.6 is 11.6 Å². The molecule has 1 amide bonds. The number of anilines is 2. The predicted molar refractivity (Wildman–Crippen MR) is 85.7 cm³/mol. The number of hydrogen-bond donors (Lipinski definition) is 2. The van der Waals surface area contributed by atoms with E-state index in [1.807, 2.05) is 29.1 Å². The van der Waals surface area contributed by atoms with E-state index in [9.17, 15) is 4.79 Å². The second-order valence-electron chi connectivity index (χ2n) is 4.98. The van der Waals surface area contributed by atoms with Crippen LogP contribution in [0.2, 0.25) is 5.02 Å². The Morgan fingerprint density at radius 2 is 2.29 bits per heavy atom. The van der Waals surface area contributed by atoms with E-state index in [0.29, 0.717) is 10.7 Å². The molecule has 0 aliphatic carbocycles. The maximum absolute atomic E-state index is 11.0. The van der Waals surface area contributed by atoms with Crippen LogP contribution in [-0.4, -0.2) is 21.7 Å². The number of aromatic nitrogens is 2. The lowest BCUT2D eigenvalue weighted by atomic mass is 10.2. The van der Waals surface area contributed by atoms with Crippen LogP contribution in [0, 0.1) is 0 Å². The standard InChI is InChI=1S/C15H19ClN4O/c1-11(6-9-20-8-3-7-17-20)18-15-5-4-13(10-14(15)16)19-12(2)21/h3-5,7-8,10-11,18H,6,9H2,1-2H3,(H,19,21)/t11-/m1/s1. The summed E-state index contributed by atoms with van der Waals surface area (Å²) in [6, 6.07) is 7.62. The molecule has 0 unspecified atom stereocenters. The molecule has 0 aliphatic rings. The summed E-state index contributed by atoms with van der Waals surface area (Å²) < 4.78 is 1.90. The molecule has 2 rings (SSSR count). The maximum atomic E-state index is 11.0. The molecule has 0 saturated carbocycles. The van der Waals surface area contributed by atoms with Crippen LogP contribution in [0.15, 0.2) is 36.7 Å². The Labute approximate surface area is 129 Å². The van der Waals surface area contributed by atoms with E-state index in [0.717, 1.165) is 18.7 Å². The van der Waals surface area contributed by atoms with Crippen molar-refractivity contribution >= 4 is 28.9 Å². The van der Waals surface area contributed by atoms with Gasteiger partial charge in [0.25, 0.3) is 0 Å². The minimum Gasteiger partial charge on any atom is -0.381 e. The van der Waals surface area contributed by atoms with E-state index < -0.39 is 0 Å². The van der Waals surface area contributed by atoms with E-state index in [2.05, 4.69) is 22.7 Å². The molecular formula is C15H19ClN4O. The van der Waals surface area contributed by atoms with Crippen LogP contribution in [0.3, 0.4) is 0 Å². The Hall–Kier alpha value is -2.01. The molecule has 0 radical (unpaired) electrons. The second kappa shape index (κ2) is 7.13. The lowest BCUT2D eigenvalue weighted by Gasteiger charge is -2.17. The van der Waals surface area contributed by atoms with E-state index in [1.54, 1.807) is 12.3 Å². The topological polar surface area (TPSA) is 59.0 Å². The fourth-order valence-corrected chi connectivity index (χ4v) is 2.24. The van der Waals surface area contributed by atoms with E-state index in [1.165, 1.54) is 6.92 Å². The number of benzene rings is 1. The van der Waals surface area contributed by atoms with Gasteiger partial charge in [0.05, 0.1) is 10.7 Å². The lowest BCUT2D eigenvalue weighted by molar-refractivity contribution is -0.114. The number of carbonyl (C=O) groups excluding carboxylic acids is 1. The number of nitrogens with zero attached hydrogens (tertiary/aromatic N) is 2. The fraction of sp³-hybridized carbons (Fsp3) is 0.333. The molecule has 0 bridgehead atoms. The van der Waals surface area contributed by atoms with Crippen LogP contribution in [0.1, 0.15) is 20.3 Å². The minimum absolute atomic E-state index is 0.112. The third-order valence-electron chi connectivity index (χ3n) is 3.04. The number of carbonyl (C=O) groups is 1. The maximum Gasteiger partial charge on any atom is 0.221 e. The van der Waals surface area contributed by atoms with Crippen molar-refractivity contribution < 1.29 is 4.79 Å². The van der Waals surface area contributed by atoms with Gasteiger partial charge in [-0.05, 0) is 37.6 Å². The normalized spacial score (nSPS) is 12.0. The zero-order valence-electron chi connectivity index (χ0n) is 12.1. The van der Waals surface area contributed by atoms with Gasteiger partial charge in [-0.25, -0.2) is 0 Å². The van der Waals surface area contributed by atoms with Gasteiger partial charge in [0.1, 0.15) is 0 Å². The lowest BCUT2D eigenvalue weighted by Crippen LogP contribution is -2.18. The van der Waals surface area contributed by atoms with Crippen LogP contribution in [0.4, 0.5) is 11.4 Å². The molecule has 1 aromatic carbocycles. The predicted octanol–water partition coefficient (Wildman–Crippen LogP) is 3.39. The summed E-state index contributed by atoms with van der Waals surface area (Å²) in [6.07, 6.45) is 4.66. The van der Waals surface area contributed by atoms with Gasteiger partial charge in [-0.15, -0.1) is 0 Å². The average Bonchev–Trinajstić information content (AvgIpc) is 2.92. The van der Waals surface area contributed by atoms with Gasteiger partial charge >= 0.3 is 0 Å². The Balaban J connectivity index is 1.91. The molecule has 112 valence electrons. The summed E-state index contributed by atoms with van der Waals surface area (Å²) in [5.74, 6) is -0.112. The Morgan fingerprint density at radius 1 is 1.48 bits per heavy atom. The Morgan fingerprint density at radius 3 is 2.90 bits per heavy atom. The number of halogens is 1. The summed E-state index contributed by atoms with van der Waals surface area (Å²) in [7, 11) is 0.